The highest BCUT2D eigenvalue weighted by Gasteiger charge is 1.89. The number of aryl methyl sites for hydroxylation is 1. The molecule has 1 heteroatoms. The lowest BCUT2D eigenvalue weighted by Crippen LogP contribution is -1.80. The lowest BCUT2D eigenvalue weighted by molar-refractivity contribution is 1.26. The molecule has 1 rings (SSSR count). The van der Waals surface area contributed by atoms with E-state index in [0.717, 1.165) is 0 Å². The van der Waals surface area contributed by atoms with Crippen molar-refractivity contribution >= 4 is 6.08 Å². The molecule has 0 unspecified atom stereocenters. The summed E-state index contributed by atoms with van der Waals surface area (Å²) in [6, 6.07) is 2.01. The van der Waals surface area contributed by atoms with Crippen molar-refractivity contribution in [1.82, 2.24) is 4.98 Å². The molecular weight excluding hydrogens is 146 g/mol. The van der Waals surface area contributed by atoms with Crippen molar-refractivity contribution in [2.75, 3.05) is 0 Å². The standard InChI is InChI=1S/C11H13N/c1-3-4-5-6-11-7-8-12-9-10(11)2/h3-9H,1-2H3/b4-3-,6-5-. The second-order valence-corrected chi connectivity index (χ2v) is 2.62. The van der Waals surface area contributed by atoms with E-state index in [1.807, 2.05) is 43.6 Å². The van der Waals surface area contributed by atoms with Gasteiger partial charge < -0.3 is 0 Å². The number of pyridine rings is 1. The van der Waals surface area contributed by atoms with Crippen molar-refractivity contribution in [2.45, 2.75) is 13.8 Å². The number of hydrogen-bond donors (Lipinski definition) is 0. The topological polar surface area (TPSA) is 12.9 Å². The third-order valence-electron chi connectivity index (χ3n) is 1.64. The number of hydrogen-bond acceptors (Lipinski definition) is 1. The van der Waals surface area contributed by atoms with Gasteiger partial charge in [0.05, 0.1) is 0 Å². The van der Waals surface area contributed by atoms with Crippen molar-refractivity contribution in [3.63, 3.8) is 0 Å². The summed E-state index contributed by atoms with van der Waals surface area (Å²) in [5, 5.41) is 0. The summed E-state index contributed by atoms with van der Waals surface area (Å²) in [6.07, 6.45) is 11.8. The van der Waals surface area contributed by atoms with E-state index >= 15 is 0 Å². The third kappa shape index (κ3) is 2.35. The monoisotopic (exact) mass is 159 g/mol. The van der Waals surface area contributed by atoms with Crippen molar-refractivity contribution in [2.24, 2.45) is 0 Å². The minimum absolute atomic E-state index is 1.21. The van der Waals surface area contributed by atoms with E-state index in [2.05, 4.69) is 18.0 Å². The van der Waals surface area contributed by atoms with Crippen LogP contribution in [0.4, 0.5) is 0 Å². The van der Waals surface area contributed by atoms with Crippen LogP contribution in [0.25, 0.3) is 6.08 Å². The first-order chi connectivity index (χ1) is 5.84. The van der Waals surface area contributed by atoms with Gasteiger partial charge in [0.2, 0.25) is 0 Å². The van der Waals surface area contributed by atoms with Gasteiger partial charge in [0.25, 0.3) is 0 Å². The molecule has 0 spiro atoms. The summed E-state index contributed by atoms with van der Waals surface area (Å²) in [5.41, 5.74) is 2.43. The molecule has 0 saturated heterocycles. The Hall–Kier alpha value is -1.37. The highest BCUT2D eigenvalue weighted by atomic mass is 14.6. The maximum absolute atomic E-state index is 4.02. The second kappa shape index (κ2) is 4.50. The summed E-state index contributed by atoms with van der Waals surface area (Å²) < 4.78 is 0. The second-order valence-electron chi connectivity index (χ2n) is 2.62. The first-order valence-corrected chi connectivity index (χ1v) is 4.04. The summed E-state index contributed by atoms with van der Waals surface area (Å²) in [7, 11) is 0. The van der Waals surface area contributed by atoms with Crippen molar-refractivity contribution in [1.29, 1.82) is 0 Å². The Balaban J connectivity index is 2.82. The Bertz CT molecular complexity index is 298. The van der Waals surface area contributed by atoms with Crippen LogP contribution in [0.1, 0.15) is 18.1 Å². The molecule has 1 heterocycles. The molecule has 1 aromatic rings. The molecule has 0 aliphatic heterocycles. The smallest absolute Gasteiger partial charge is 0.0303 e. The van der Waals surface area contributed by atoms with Gasteiger partial charge in [-0.05, 0) is 31.0 Å². The molecule has 0 fully saturated rings. The van der Waals surface area contributed by atoms with Crippen LogP contribution < -0.4 is 0 Å². The van der Waals surface area contributed by atoms with E-state index in [9.17, 15) is 0 Å². The van der Waals surface area contributed by atoms with Crippen LogP contribution in [0.15, 0.2) is 36.7 Å². The maximum Gasteiger partial charge on any atom is 0.0303 e. The molecule has 0 saturated carbocycles. The Kier molecular flexibility index (Phi) is 3.27. The fraction of sp³-hybridized carbons (Fsp3) is 0.182. The van der Waals surface area contributed by atoms with Crippen molar-refractivity contribution in [3.8, 4) is 0 Å². The average Bonchev–Trinajstić information content (AvgIpc) is 2.09. The van der Waals surface area contributed by atoms with Gasteiger partial charge in [-0.2, -0.15) is 0 Å². The SMILES string of the molecule is C/C=C\C=C/c1ccncc1C. The van der Waals surface area contributed by atoms with Gasteiger partial charge in [-0.25, -0.2) is 0 Å². The van der Waals surface area contributed by atoms with Gasteiger partial charge in [0, 0.05) is 12.4 Å². The van der Waals surface area contributed by atoms with E-state index < -0.39 is 0 Å². The lowest BCUT2D eigenvalue weighted by atomic mass is 10.1. The summed E-state index contributed by atoms with van der Waals surface area (Å²) in [6.45, 7) is 4.06. The number of rotatable bonds is 2. The highest BCUT2D eigenvalue weighted by Crippen LogP contribution is 2.06. The van der Waals surface area contributed by atoms with Crippen LogP contribution in [-0.4, -0.2) is 4.98 Å². The molecule has 0 bridgehead atoms. The number of allylic oxidation sites excluding steroid dienone is 3. The molecule has 1 nitrogen and oxygen atoms in total. The molecule has 12 heavy (non-hydrogen) atoms. The van der Waals surface area contributed by atoms with Crippen LogP contribution in [0.5, 0.6) is 0 Å². The number of aromatic nitrogens is 1. The Morgan fingerprint density at radius 3 is 2.83 bits per heavy atom. The summed E-state index contributed by atoms with van der Waals surface area (Å²) in [5.74, 6) is 0. The van der Waals surface area contributed by atoms with Gasteiger partial charge in [-0.3, -0.25) is 4.98 Å². The molecule has 0 aromatic carbocycles. The predicted molar refractivity (Wildman–Crippen MR) is 52.8 cm³/mol. The molecule has 0 atom stereocenters. The quantitative estimate of drug-likeness (QED) is 0.604. The third-order valence-corrected chi connectivity index (χ3v) is 1.64. The van der Waals surface area contributed by atoms with E-state index in [0.29, 0.717) is 0 Å². The van der Waals surface area contributed by atoms with Crippen molar-refractivity contribution < 1.29 is 0 Å². The van der Waals surface area contributed by atoms with E-state index in [-0.39, 0.29) is 0 Å². The zero-order valence-electron chi connectivity index (χ0n) is 7.49. The van der Waals surface area contributed by atoms with Gasteiger partial charge >= 0.3 is 0 Å². The number of nitrogens with zero attached hydrogens (tertiary/aromatic N) is 1. The molecule has 0 radical (unpaired) electrons. The summed E-state index contributed by atoms with van der Waals surface area (Å²) in [4.78, 5) is 4.02. The zero-order valence-corrected chi connectivity index (χ0v) is 7.49. The van der Waals surface area contributed by atoms with Gasteiger partial charge in [-0.15, -0.1) is 0 Å². The zero-order chi connectivity index (χ0) is 8.81. The lowest BCUT2D eigenvalue weighted by Gasteiger charge is -1.95. The normalized spacial score (nSPS) is 11.5. The first kappa shape index (κ1) is 8.72. The molecule has 1 aromatic heterocycles. The Labute approximate surface area is 73.5 Å². The molecular formula is C11H13N. The van der Waals surface area contributed by atoms with Crippen LogP contribution in [0.2, 0.25) is 0 Å². The minimum atomic E-state index is 1.21. The molecule has 0 aliphatic carbocycles. The van der Waals surface area contributed by atoms with Gasteiger partial charge in [-0.1, -0.05) is 24.3 Å². The maximum atomic E-state index is 4.02. The molecule has 0 amide bonds. The Morgan fingerprint density at radius 1 is 1.33 bits per heavy atom. The first-order valence-electron chi connectivity index (χ1n) is 4.04. The van der Waals surface area contributed by atoms with E-state index in [1.54, 1.807) is 0 Å². The van der Waals surface area contributed by atoms with E-state index in [4.69, 9.17) is 0 Å². The van der Waals surface area contributed by atoms with Crippen LogP contribution in [0, 0.1) is 6.92 Å². The molecule has 0 aliphatic rings. The van der Waals surface area contributed by atoms with Crippen LogP contribution in [-0.2, 0) is 0 Å². The summed E-state index contributed by atoms with van der Waals surface area (Å²) >= 11 is 0. The van der Waals surface area contributed by atoms with Crippen molar-refractivity contribution in [3.05, 3.63) is 47.8 Å². The van der Waals surface area contributed by atoms with Gasteiger partial charge in [0.1, 0.15) is 0 Å². The van der Waals surface area contributed by atoms with Crippen LogP contribution >= 0.6 is 0 Å². The van der Waals surface area contributed by atoms with E-state index in [1.165, 1.54) is 11.1 Å². The van der Waals surface area contributed by atoms with Gasteiger partial charge in [0.15, 0.2) is 0 Å². The molecule has 0 N–H and O–H groups in total. The molecule has 62 valence electrons. The fourth-order valence-corrected chi connectivity index (χ4v) is 0.941. The Morgan fingerprint density at radius 2 is 2.17 bits per heavy atom. The highest BCUT2D eigenvalue weighted by molar-refractivity contribution is 5.53. The average molecular weight is 159 g/mol. The largest absolute Gasteiger partial charge is 0.264 e. The predicted octanol–water partition coefficient (Wildman–Crippen LogP) is 2.98. The minimum Gasteiger partial charge on any atom is -0.264 e. The van der Waals surface area contributed by atoms with Crippen LogP contribution in [0.3, 0.4) is 0 Å². The fourth-order valence-electron chi connectivity index (χ4n) is 0.941.